The fraction of sp³-hybridized carbons (Fsp3) is 0.484. The van der Waals surface area contributed by atoms with E-state index >= 15 is 0 Å². The lowest BCUT2D eigenvalue weighted by molar-refractivity contribution is -0.925. The number of ether oxygens (including phenoxy) is 4. The van der Waals surface area contributed by atoms with E-state index in [1.807, 2.05) is 18.2 Å². The highest BCUT2D eigenvalue weighted by molar-refractivity contribution is 7.80. The summed E-state index contributed by atoms with van der Waals surface area (Å²) in [6.07, 6.45) is 1.11. The Hall–Kier alpha value is -4.81. The number of thiol groups is 1. The number of likely N-dealkylation sites (N-methyl/N-ethyl adjacent to an activating group) is 1. The van der Waals surface area contributed by atoms with Crippen LogP contribution in [0.4, 0.5) is 0 Å². The van der Waals surface area contributed by atoms with Gasteiger partial charge in [0.15, 0.2) is 28.7 Å². The van der Waals surface area contributed by atoms with E-state index in [-0.39, 0.29) is 37.3 Å². The molecule has 18 heteroatoms. The highest BCUT2D eigenvalue weighted by Crippen LogP contribution is 2.38. The van der Waals surface area contributed by atoms with E-state index in [0.717, 1.165) is 12.0 Å². The minimum absolute atomic E-state index is 0.0338. The van der Waals surface area contributed by atoms with E-state index in [9.17, 15) is 29.6 Å². The number of hydrogen-bond acceptors (Lipinski definition) is 12. The third kappa shape index (κ3) is 13.0. The van der Waals surface area contributed by atoms with Gasteiger partial charge in [-0.1, -0.05) is 37.3 Å². The normalized spacial score (nSPS) is 13.4. The Kier molecular flexibility index (Phi) is 18.3. The third-order valence-corrected chi connectivity index (χ3v) is 7.93. The summed E-state index contributed by atoms with van der Waals surface area (Å²) in [6, 6.07) is 11.2. The maximum absolute atomic E-state index is 12.8. The molecule has 0 saturated carbocycles. The average molecular weight is 710 g/mol. The van der Waals surface area contributed by atoms with Crippen molar-refractivity contribution in [3.05, 3.63) is 63.7 Å². The van der Waals surface area contributed by atoms with E-state index in [4.69, 9.17) is 30.4 Å². The van der Waals surface area contributed by atoms with Crippen molar-refractivity contribution in [3.63, 3.8) is 0 Å². The van der Waals surface area contributed by atoms with Gasteiger partial charge in [-0.2, -0.15) is 12.6 Å². The van der Waals surface area contributed by atoms with Gasteiger partial charge >= 0.3 is 5.97 Å². The molecule has 3 atom stereocenters. The van der Waals surface area contributed by atoms with Gasteiger partial charge in [0, 0.05) is 24.3 Å². The molecule has 3 unspecified atom stereocenters. The van der Waals surface area contributed by atoms with Crippen LogP contribution in [0.1, 0.15) is 42.1 Å². The van der Waals surface area contributed by atoms with Crippen LogP contribution in [0.2, 0.25) is 0 Å². The van der Waals surface area contributed by atoms with Crippen LogP contribution in [0.3, 0.4) is 0 Å². The Bertz CT molecular complexity index is 1390. The number of quaternary nitrogens is 1. The molecule has 49 heavy (non-hydrogen) atoms. The summed E-state index contributed by atoms with van der Waals surface area (Å²) in [6.45, 7) is 2.50. The summed E-state index contributed by atoms with van der Waals surface area (Å²) in [5, 5.41) is 27.3. The molecule has 0 radical (unpaired) electrons. The lowest BCUT2D eigenvalue weighted by Crippen LogP contribution is -3.14. The zero-order valence-corrected chi connectivity index (χ0v) is 29.4. The van der Waals surface area contributed by atoms with Crippen LogP contribution in [0.5, 0.6) is 17.2 Å². The Morgan fingerprint density at radius 1 is 1.08 bits per heavy atom. The monoisotopic (exact) mass is 709 g/mol. The van der Waals surface area contributed by atoms with Crippen LogP contribution in [0.15, 0.2) is 47.6 Å². The van der Waals surface area contributed by atoms with Gasteiger partial charge in [0.2, 0.25) is 11.7 Å². The predicted octanol–water partition coefficient (Wildman–Crippen LogP) is -1.33. The molecule has 0 fully saturated rings. The molecule has 0 heterocycles. The van der Waals surface area contributed by atoms with Crippen molar-refractivity contribution in [1.29, 1.82) is 0 Å². The second-order valence-corrected chi connectivity index (χ2v) is 11.1. The topological polar surface area (TPSA) is 247 Å². The van der Waals surface area contributed by atoms with Crippen LogP contribution in [0.25, 0.3) is 0 Å². The molecule has 7 N–H and O–H groups in total. The molecule has 0 bridgehead atoms. The summed E-state index contributed by atoms with van der Waals surface area (Å²) in [7, 11) is 8.69. The van der Waals surface area contributed by atoms with Crippen LogP contribution >= 0.6 is 12.6 Å². The number of carbonyl (C=O) groups is 3. The number of hydrogen-bond donors (Lipinski definition) is 6. The molecule has 272 valence electrons. The van der Waals surface area contributed by atoms with Gasteiger partial charge in [0.1, 0.15) is 5.10 Å². The number of nitrogens with two attached hydrogens (primary N) is 2. The van der Waals surface area contributed by atoms with Crippen molar-refractivity contribution < 1.29 is 48.4 Å². The number of carbonyl (C=O) groups excluding carboxylic acids is 3. The molecule has 0 aromatic heterocycles. The average Bonchev–Trinajstić information content (AvgIpc) is 3.08. The van der Waals surface area contributed by atoms with Gasteiger partial charge in [-0.15, -0.1) is 0 Å². The van der Waals surface area contributed by atoms with Gasteiger partial charge in [0.05, 0.1) is 59.0 Å². The number of amides is 1. The molecule has 0 aliphatic carbocycles. The maximum Gasteiger partial charge on any atom is 0.338 e. The molecular weight excluding hydrogens is 662 g/mol. The summed E-state index contributed by atoms with van der Waals surface area (Å²) in [4.78, 5) is 46.3. The number of benzene rings is 2. The number of nitrogens with one attached hydrogen (secondary N) is 3. The predicted molar refractivity (Wildman–Crippen MR) is 182 cm³/mol. The number of hydrazone groups is 1. The lowest BCUT2D eigenvalue weighted by Gasteiger charge is -2.35. The zero-order valence-electron chi connectivity index (χ0n) is 28.5. The Labute approximate surface area is 290 Å². The van der Waals surface area contributed by atoms with Gasteiger partial charge in [0.25, 0.3) is 5.96 Å². The van der Waals surface area contributed by atoms with Gasteiger partial charge < -0.3 is 55.8 Å². The molecule has 0 aliphatic rings. The summed E-state index contributed by atoms with van der Waals surface area (Å²) >= 11 is 3.82. The molecule has 2 rings (SSSR count). The highest BCUT2D eigenvalue weighted by atomic mass is 32.1. The minimum atomic E-state index is -1.46. The number of carboxylic acid groups (broad SMARTS) is 1. The Balaban J connectivity index is 0.000000513. The standard InChI is InChI=1S/C22H29NO5.C9H18N6O5S/c1-7-22(23(2)3,17-11-9-8-10-12-17)15-28-21(24)16-13-18(25-4)20(27-6)19(14-16)26-5;10-5(4-21)7(16)13-6(8(17)18)2-1-3-12-9(11)14-15(19)20/h8-14H,7,15H2,1-6H3;5-6,21H,1-4,10H2,(H,13,16)(H,17,18)(H3,11,12,14). The van der Waals surface area contributed by atoms with Crippen LogP contribution in [-0.2, 0) is 19.9 Å². The van der Waals surface area contributed by atoms with E-state index < -0.39 is 40.9 Å². The first-order valence-electron chi connectivity index (χ1n) is 15.1. The minimum Gasteiger partial charge on any atom is -0.548 e. The van der Waals surface area contributed by atoms with E-state index in [2.05, 4.69) is 61.5 Å². The fourth-order valence-electron chi connectivity index (χ4n) is 4.66. The second kappa shape index (κ2) is 21.2. The first-order valence-corrected chi connectivity index (χ1v) is 15.8. The highest BCUT2D eigenvalue weighted by Gasteiger charge is 2.39. The van der Waals surface area contributed by atoms with E-state index in [0.29, 0.717) is 22.8 Å². The van der Waals surface area contributed by atoms with Gasteiger partial charge in [-0.25, -0.2) is 14.9 Å². The molecule has 0 spiro atoms. The SMILES string of the molecule is CCC(COC(=O)c1cc(OC)c(OC)c(OC)c1)(c1ccccc1)[NH+](C)C.N/C(=N\[N+](=O)[O-])NCCCC(NC(=O)C(N)CS)C(=O)[O-]. The fourth-order valence-corrected chi connectivity index (χ4v) is 4.83. The van der Waals surface area contributed by atoms with Gasteiger partial charge in [-0.05, 0) is 25.0 Å². The molecule has 0 saturated heterocycles. The van der Waals surface area contributed by atoms with Crippen LogP contribution in [-0.4, -0.2) is 95.3 Å². The quantitative estimate of drug-likeness (QED) is 0.0200. The zero-order chi connectivity index (χ0) is 37.1. The molecule has 2 aromatic rings. The summed E-state index contributed by atoms with van der Waals surface area (Å²) in [5.74, 6) is -1.61. The van der Waals surface area contributed by atoms with E-state index in [1.54, 1.807) is 12.1 Å². The van der Waals surface area contributed by atoms with Crippen molar-refractivity contribution in [2.75, 3.05) is 54.3 Å². The van der Waals surface area contributed by atoms with Crippen LogP contribution in [0, 0.1) is 10.1 Å². The molecular formula is C31H47N7O10S. The number of rotatable bonds is 18. The van der Waals surface area contributed by atoms with Crippen molar-refractivity contribution >= 4 is 36.4 Å². The number of carboxylic acids is 1. The lowest BCUT2D eigenvalue weighted by atomic mass is 9.87. The third-order valence-electron chi connectivity index (χ3n) is 7.54. The van der Waals surface area contributed by atoms with Gasteiger partial charge in [-0.3, -0.25) is 4.79 Å². The number of aliphatic carboxylic acids is 1. The molecule has 0 aliphatic heterocycles. The van der Waals surface area contributed by atoms with Crippen molar-refractivity contribution in [1.82, 2.24) is 10.6 Å². The molecule has 2 aromatic carbocycles. The van der Waals surface area contributed by atoms with Crippen molar-refractivity contribution in [3.8, 4) is 17.2 Å². The molecule has 17 nitrogen and oxygen atoms in total. The number of esters is 1. The van der Waals surface area contributed by atoms with Crippen LogP contribution < -0.4 is 46.3 Å². The van der Waals surface area contributed by atoms with Crippen molar-refractivity contribution in [2.45, 2.75) is 43.8 Å². The van der Waals surface area contributed by atoms with Crippen molar-refractivity contribution in [2.24, 2.45) is 16.6 Å². The Morgan fingerprint density at radius 2 is 1.67 bits per heavy atom. The second-order valence-electron chi connectivity index (χ2n) is 10.8. The Morgan fingerprint density at radius 3 is 2.12 bits per heavy atom. The summed E-state index contributed by atoms with van der Waals surface area (Å²) in [5.41, 5.74) is 11.7. The number of nitrogens with zero attached hydrogens (tertiary/aromatic N) is 2. The smallest absolute Gasteiger partial charge is 0.338 e. The largest absolute Gasteiger partial charge is 0.548 e. The number of nitro groups is 1. The number of guanidine groups is 1. The summed E-state index contributed by atoms with van der Waals surface area (Å²) < 4.78 is 21.7. The first-order chi connectivity index (χ1) is 23.2. The first kappa shape index (κ1) is 42.2. The molecule has 1 amide bonds. The number of methoxy groups -OCH3 is 3. The van der Waals surface area contributed by atoms with E-state index in [1.165, 1.54) is 26.2 Å². The maximum atomic E-state index is 12.8.